The standard InChI is InChI=1S/C13H16O2/c1-3-11-13(4-2,15-11)12(14)10-8-6-5-7-9-10/h5-9,11H,3-4H2,1-2H3. The number of rotatable bonds is 4. The van der Waals surface area contributed by atoms with Gasteiger partial charge < -0.3 is 4.74 Å². The summed E-state index contributed by atoms with van der Waals surface area (Å²) >= 11 is 0. The zero-order chi connectivity index (χ0) is 10.9. The molecular formula is C13H16O2. The predicted octanol–water partition coefficient (Wildman–Crippen LogP) is 2.83. The normalized spacial score (nSPS) is 28.8. The maximum absolute atomic E-state index is 12.2. The van der Waals surface area contributed by atoms with Crippen molar-refractivity contribution >= 4 is 5.78 Å². The molecule has 0 bridgehead atoms. The smallest absolute Gasteiger partial charge is 0.197 e. The second-order valence-electron chi connectivity index (χ2n) is 3.95. The van der Waals surface area contributed by atoms with Crippen molar-refractivity contribution < 1.29 is 9.53 Å². The molecule has 1 aromatic carbocycles. The van der Waals surface area contributed by atoms with Crippen molar-refractivity contribution in [3.05, 3.63) is 35.9 Å². The molecular weight excluding hydrogens is 188 g/mol. The zero-order valence-corrected chi connectivity index (χ0v) is 9.19. The van der Waals surface area contributed by atoms with E-state index in [1.54, 1.807) is 0 Å². The van der Waals surface area contributed by atoms with Crippen molar-refractivity contribution in [2.24, 2.45) is 0 Å². The SMILES string of the molecule is CCC1OC1(CC)C(=O)c1ccccc1. The Morgan fingerprint density at radius 3 is 2.47 bits per heavy atom. The number of carbonyl (C=O) groups excluding carboxylic acids is 1. The molecule has 2 atom stereocenters. The Balaban J connectivity index is 2.22. The van der Waals surface area contributed by atoms with E-state index in [1.807, 2.05) is 37.3 Å². The zero-order valence-electron chi connectivity index (χ0n) is 9.19. The van der Waals surface area contributed by atoms with E-state index in [0.29, 0.717) is 0 Å². The van der Waals surface area contributed by atoms with Crippen LogP contribution in [0.1, 0.15) is 37.0 Å². The Bertz CT molecular complexity index is 358. The van der Waals surface area contributed by atoms with Crippen molar-refractivity contribution in [2.45, 2.75) is 38.4 Å². The average molecular weight is 204 g/mol. The van der Waals surface area contributed by atoms with E-state index in [0.717, 1.165) is 18.4 Å². The van der Waals surface area contributed by atoms with Gasteiger partial charge in [0, 0.05) is 5.56 Å². The fraction of sp³-hybridized carbons (Fsp3) is 0.462. The molecule has 80 valence electrons. The Kier molecular flexibility index (Phi) is 2.61. The van der Waals surface area contributed by atoms with E-state index in [2.05, 4.69) is 6.92 Å². The fourth-order valence-electron chi connectivity index (χ4n) is 2.14. The lowest BCUT2D eigenvalue weighted by Gasteiger charge is -2.08. The first-order valence-corrected chi connectivity index (χ1v) is 5.52. The maximum atomic E-state index is 12.2. The molecule has 0 radical (unpaired) electrons. The van der Waals surface area contributed by atoms with Crippen LogP contribution in [0, 0.1) is 0 Å². The summed E-state index contributed by atoms with van der Waals surface area (Å²) in [6.07, 6.45) is 1.79. The van der Waals surface area contributed by atoms with Crippen molar-refractivity contribution in [1.82, 2.24) is 0 Å². The lowest BCUT2D eigenvalue weighted by atomic mass is 9.91. The van der Waals surface area contributed by atoms with Crippen LogP contribution in [0.3, 0.4) is 0 Å². The summed E-state index contributed by atoms with van der Waals surface area (Å²) in [5.74, 6) is 0.137. The topological polar surface area (TPSA) is 29.6 Å². The summed E-state index contributed by atoms with van der Waals surface area (Å²) in [5, 5.41) is 0. The van der Waals surface area contributed by atoms with Gasteiger partial charge in [-0.25, -0.2) is 0 Å². The van der Waals surface area contributed by atoms with Gasteiger partial charge in [0.25, 0.3) is 0 Å². The van der Waals surface area contributed by atoms with Gasteiger partial charge in [0.1, 0.15) is 0 Å². The summed E-state index contributed by atoms with van der Waals surface area (Å²) in [5.41, 5.74) is 0.242. The van der Waals surface area contributed by atoms with Crippen LogP contribution in [0.2, 0.25) is 0 Å². The fourth-order valence-corrected chi connectivity index (χ4v) is 2.14. The van der Waals surface area contributed by atoms with Crippen molar-refractivity contribution in [1.29, 1.82) is 0 Å². The number of Topliss-reactive ketones (excluding diaryl/α,β-unsaturated/α-hetero) is 1. The van der Waals surface area contributed by atoms with Crippen LogP contribution in [-0.2, 0) is 4.74 Å². The summed E-state index contributed by atoms with van der Waals surface area (Å²) in [6.45, 7) is 4.07. The molecule has 0 aromatic heterocycles. The molecule has 1 saturated heterocycles. The highest BCUT2D eigenvalue weighted by molar-refractivity contribution is 6.04. The van der Waals surface area contributed by atoms with E-state index in [1.165, 1.54) is 0 Å². The first-order valence-electron chi connectivity index (χ1n) is 5.52. The molecule has 15 heavy (non-hydrogen) atoms. The lowest BCUT2D eigenvalue weighted by molar-refractivity contribution is 0.0868. The second kappa shape index (κ2) is 3.78. The van der Waals surface area contributed by atoms with Gasteiger partial charge in [0.05, 0.1) is 6.10 Å². The van der Waals surface area contributed by atoms with Gasteiger partial charge >= 0.3 is 0 Å². The summed E-state index contributed by atoms with van der Waals surface area (Å²) in [7, 11) is 0. The van der Waals surface area contributed by atoms with Gasteiger partial charge in [-0.1, -0.05) is 44.2 Å². The highest BCUT2D eigenvalue weighted by Crippen LogP contribution is 2.44. The number of epoxide rings is 1. The van der Waals surface area contributed by atoms with Crippen LogP contribution in [0.5, 0.6) is 0 Å². The predicted molar refractivity (Wildman–Crippen MR) is 59.0 cm³/mol. The van der Waals surface area contributed by atoms with Crippen LogP contribution in [0.4, 0.5) is 0 Å². The van der Waals surface area contributed by atoms with E-state index in [4.69, 9.17) is 4.74 Å². The maximum Gasteiger partial charge on any atom is 0.197 e. The Hall–Kier alpha value is -1.15. The van der Waals surface area contributed by atoms with Crippen LogP contribution in [-0.4, -0.2) is 17.5 Å². The molecule has 1 heterocycles. The molecule has 1 aliphatic rings. The van der Waals surface area contributed by atoms with Gasteiger partial charge in [-0.2, -0.15) is 0 Å². The number of hydrogen-bond acceptors (Lipinski definition) is 2. The van der Waals surface area contributed by atoms with Gasteiger partial charge in [-0.05, 0) is 12.8 Å². The third kappa shape index (κ3) is 1.59. The number of hydrogen-bond donors (Lipinski definition) is 0. The highest BCUT2D eigenvalue weighted by atomic mass is 16.6. The minimum Gasteiger partial charge on any atom is -0.357 e. The van der Waals surface area contributed by atoms with E-state index in [-0.39, 0.29) is 11.9 Å². The summed E-state index contributed by atoms with van der Waals surface area (Å²) in [6, 6.07) is 9.41. The van der Waals surface area contributed by atoms with Gasteiger partial charge in [-0.3, -0.25) is 4.79 Å². The quantitative estimate of drug-likeness (QED) is 0.557. The van der Waals surface area contributed by atoms with E-state index in [9.17, 15) is 4.79 Å². The Labute approximate surface area is 90.3 Å². The minimum absolute atomic E-state index is 0.121. The first kappa shape index (κ1) is 10.4. The van der Waals surface area contributed by atoms with Crippen molar-refractivity contribution in [3.8, 4) is 0 Å². The second-order valence-corrected chi connectivity index (χ2v) is 3.95. The number of benzene rings is 1. The van der Waals surface area contributed by atoms with Gasteiger partial charge in [0.15, 0.2) is 11.4 Å². The van der Waals surface area contributed by atoms with Crippen LogP contribution in [0.25, 0.3) is 0 Å². The molecule has 1 fully saturated rings. The number of ether oxygens (including phenoxy) is 1. The molecule has 2 heteroatoms. The molecule has 1 aromatic rings. The highest BCUT2D eigenvalue weighted by Gasteiger charge is 2.59. The van der Waals surface area contributed by atoms with Crippen LogP contribution >= 0.6 is 0 Å². The molecule has 2 nitrogen and oxygen atoms in total. The third-order valence-electron chi connectivity index (χ3n) is 3.13. The van der Waals surface area contributed by atoms with E-state index >= 15 is 0 Å². The first-order chi connectivity index (χ1) is 7.24. The van der Waals surface area contributed by atoms with E-state index < -0.39 is 5.60 Å². The molecule has 2 rings (SSSR count). The molecule has 0 amide bonds. The summed E-state index contributed by atoms with van der Waals surface area (Å²) < 4.78 is 5.57. The Morgan fingerprint density at radius 1 is 1.33 bits per heavy atom. The molecule has 0 spiro atoms. The van der Waals surface area contributed by atoms with Crippen molar-refractivity contribution in [2.75, 3.05) is 0 Å². The number of ketones is 1. The van der Waals surface area contributed by atoms with Crippen LogP contribution in [0.15, 0.2) is 30.3 Å². The third-order valence-corrected chi connectivity index (χ3v) is 3.13. The van der Waals surface area contributed by atoms with Gasteiger partial charge in [-0.15, -0.1) is 0 Å². The summed E-state index contributed by atoms with van der Waals surface area (Å²) in [4.78, 5) is 12.2. The van der Waals surface area contributed by atoms with Gasteiger partial charge in [0.2, 0.25) is 0 Å². The molecule has 0 N–H and O–H groups in total. The van der Waals surface area contributed by atoms with Crippen LogP contribution < -0.4 is 0 Å². The molecule has 2 unspecified atom stereocenters. The largest absolute Gasteiger partial charge is 0.357 e. The Morgan fingerprint density at radius 2 is 2.00 bits per heavy atom. The minimum atomic E-state index is -0.518. The lowest BCUT2D eigenvalue weighted by Crippen LogP contribution is -2.26. The molecule has 1 aliphatic heterocycles. The monoisotopic (exact) mass is 204 g/mol. The molecule has 0 saturated carbocycles. The average Bonchev–Trinajstić information content (AvgIpc) is 3.04. The number of carbonyl (C=O) groups is 1. The van der Waals surface area contributed by atoms with Crippen molar-refractivity contribution in [3.63, 3.8) is 0 Å². The molecule has 0 aliphatic carbocycles.